The van der Waals surface area contributed by atoms with Crippen molar-refractivity contribution in [3.63, 3.8) is 0 Å². The number of hydrogen-bond donors (Lipinski definition) is 0. The van der Waals surface area contributed by atoms with Crippen LogP contribution in [0.5, 0.6) is 0 Å². The Morgan fingerprint density at radius 1 is 1.41 bits per heavy atom. The number of aryl methyl sites for hydroxylation is 1. The number of carbonyl (C=O) groups excluding carboxylic acids is 1. The van der Waals surface area contributed by atoms with Crippen LogP contribution in [0.3, 0.4) is 0 Å². The Hall–Kier alpha value is -1.41. The van der Waals surface area contributed by atoms with E-state index in [1.54, 1.807) is 11.1 Å². The Labute approximate surface area is 131 Å². The van der Waals surface area contributed by atoms with Crippen molar-refractivity contribution in [2.75, 3.05) is 13.1 Å². The van der Waals surface area contributed by atoms with Crippen molar-refractivity contribution < 1.29 is 17.9 Å². The molecule has 22 heavy (non-hydrogen) atoms. The van der Waals surface area contributed by atoms with E-state index in [1.165, 1.54) is 17.7 Å². The molecule has 3 atom stereocenters. The van der Waals surface area contributed by atoms with E-state index in [-0.39, 0.29) is 17.4 Å². The fourth-order valence-electron chi connectivity index (χ4n) is 2.70. The lowest BCUT2D eigenvalue weighted by Gasteiger charge is -2.36. The fourth-order valence-corrected chi connectivity index (χ4v) is 4.15. The molecule has 0 saturated carbocycles. The van der Waals surface area contributed by atoms with Gasteiger partial charge in [0, 0.05) is 32.0 Å². The van der Waals surface area contributed by atoms with Gasteiger partial charge < -0.3 is 14.2 Å². The highest BCUT2D eigenvalue weighted by atomic mass is 32.2. The SMILES string of the molecule is CCn1ccnc1S(=O)(=O)[C@@H](C)C(=O)N1C[C@@H](C)O[C@@H](C)C1. The second kappa shape index (κ2) is 6.37. The molecule has 0 bridgehead atoms. The summed E-state index contributed by atoms with van der Waals surface area (Å²) in [5.74, 6) is -0.396. The van der Waals surface area contributed by atoms with Crippen molar-refractivity contribution in [2.24, 2.45) is 0 Å². The number of carbonyl (C=O) groups is 1. The van der Waals surface area contributed by atoms with Gasteiger partial charge in [0.1, 0.15) is 5.25 Å². The Bertz CT molecular complexity index is 630. The van der Waals surface area contributed by atoms with Crippen LogP contribution in [0.4, 0.5) is 0 Å². The molecular formula is C14H23N3O4S. The molecule has 1 aromatic rings. The lowest BCUT2D eigenvalue weighted by Crippen LogP contribution is -2.52. The summed E-state index contributed by atoms with van der Waals surface area (Å²) in [6.07, 6.45) is 2.84. The van der Waals surface area contributed by atoms with Crippen molar-refractivity contribution in [3.8, 4) is 0 Å². The summed E-state index contributed by atoms with van der Waals surface area (Å²) in [5.41, 5.74) is 0. The third kappa shape index (κ3) is 3.17. The first-order valence-electron chi connectivity index (χ1n) is 7.46. The zero-order chi connectivity index (χ0) is 16.5. The summed E-state index contributed by atoms with van der Waals surface area (Å²) < 4.78 is 32.4. The number of imidazole rings is 1. The Morgan fingerprint density at radius 3 is 2.55 bits per heavy atom. The molecule has 2 heterocycles. The summed E-state index contributed by atoms with van der Waals surface area (Å²) in [6, 6.07) is 0. The molecule has 0 aliphatic carbocycles. The van der Waals surface area contributed by atoms with E-state index in [0.29, 0.717) is 19.6 Å². The number of nitrogens with zero attached hydrogens (tertiary/aromatic N) is 3. The van der Waals surface area contributed by atoms with Gasteiger partial charge >= 0.3 is 0 Å². The molecule has 1 fully saturated rings. The van der Waals surface area contributed by atoms with Crippen LogP contribution in [0.2, 0.25) is 0 Å². The van der Waals surface area contributed by atoms with Crippen LogP contribution >= 0.6 is 0 Å². The van der Waals surface area contributed by atoms with E-state index >= 15 is 0 Å². The molecule has 1 amide bonds. The minimum absolute atomic E-state index is 0.0507. The quantitative estimate of drug-likeness (QED) is 0.812. The van der Waals surface area contributed by atoms with Gasteiger partial charge in [0.25, 0.3) is 0 Å². The van der Waals surface area contributed by atoms with E-state index in [4.69, 9.17) is 4.74 Å². The standard InChI is InChI=1S/C14H23N3O4S/c1-5-16-7-6-15-14(16)22(19,20)12(4)13(18)17-8-10(2)21-11(3)9-17/h6-7,10-12H,5,8-9H2,1-4H3/t10-,11+,12-/m0/s1. The van der Waals surface area contributed by atoms with E-state index in [1.807, 2.05) is 20.8 Å². The van der Waals surface area contributed by atoms with Gasteiger partial charge in [-0.1, -0.05) is 0 Å². The number of amides is 1. The van der Waals surface area contributed by atoms with Crippen molar-refractivity contribution in [2.45, 2.75) is 56.9 Å². The lowest BCUT2D eigenvalue weighted by molar-refractivity contribution is -0.142. The minimum atomic E-state index is -3.80. The van der Waals surface area contributed by atoms with Gasteiger partial charge in [0.2, 0.25) is 20.9 Å². The minimum Gasteiger partial charge on any atom is -0.372 e. The number of hydrogen-bond acceptors (Lipinski definition) is 5. The Balaban J connectivity index is 2.23. The van der Waals surface area contributed by atoms with E-state index < -0.39 is 21.0 Å². The molecule has 1 aliphatic heterocycles. The van der Waals surface area contributed by atoms with Gasteiger partial charge in [-0.3, -0.25) is 4.79 Å². The van der Waals surface area contributed by atoms with Gasteiger partial charge in [0.15, 0.2) is 0 Å². The van der Waals surface area contributed by atoms with Crippen LogP contribution in [0.15, 0.2) is 17.6 Å². The molecule has 1 saturated heterocycles. The molecule has 8 heteroatoms. The van der Waals surface area contributed by atoms with Gasteiger partial charge in [-0.05, 0) is 27.7 Å². The number of sulfone groups is 1. The molecule has 1 aliphatic rings. The number of morpholine rings is 1. The van der Waals surface area contributed by atoms with E-state index in [9.17, 15) is 13.2 Å². The molecule has 0 aromatic carbocycles. The first-order valence-corrected chi connectivity index (χ1v) is 9.01. The molecular weight excluding hydrogens is 306 g/mol. The average Bonchev–Trinajstić information content (AvgIpc) is 2.93. The zero-order valence-electron chi connectivity index (χ0n) is 13.4. The smallest absolute Gasteiger partial charge is 0.241 e. The van der Waals surface area contributed by atoms with Gasteiger partial charge in [0.05, 0.1) is 12.2 Å². The highest BCUT2D eigenvalue weighted by Gasteiger charge is 2.37. The average molecular weight is 329 g/mol. The molecule has 124 valence electrons. The van der Waals surface area contributed by atoms with Crippen LogP contribution in [0, 0.1) is 0 Å². The molecule has 2 rings (SSSR count). The molecule has 0 spiro atoms. The van der Waals surface area contributed by atoms with Crippen LogP contribution < -0.4 is 0 Å². The predicted molar refractivity (Wildman–Crippen MR) is 81.1 cm³/mol. The van der Waals surface area contributed by atoms with Crippen LogP contribution in [0.1, 0.15) is 27.7 Å². The fraction of sp³-hybridized carbons (Fsp3) is 0.714. The van der Waals surface area contributed by atoms with Crippen molar-refractivity contribution >= 4 is 15.7 Å². The second-order valence-electron chi connectivity index (χ2n) is 5.68. The number of aromatic nitrogens is 2. The molecule has 0 N–H and O–H groups in total. The Morgan fingerprint density at radius 2 is 2.00 bits per heavy atom. The highest BCUT2D eigenvalue weighted by molar-refractivity contribution is 7.92. The van der Waals surface area contributed by atoms with E-state index in [2.05, 4.69) is 4.98 Å². The zero-order valence-corrected chi connectivity index (χ0v) is 14.2. The maximum absolute atomic E-state index is 12.7. The third-order valence-electron chi connectivity index (χ3n) is 3.82. The largest absolute Gasteiger partial charge is 0.372 e. The maximum Gasteiger partial charge on any atom is 0.241 e. The van der Waals surface area contributed by atoms with Gasteiger partial charge in [-0.15, -0.1) is 0 Å². The van der Waals surface area contributed by atoms with Crippen molar-refractivity contribution in [3.05, 3.63) is 12.4 Å². The molecule has 1 aromatic heterocycles. The van der Waals surface area contributed by atoms with Gasteiger partial charge in [-0.2, -0.15) is 0 Å². The van der Waals surface area contributed by atoms with Gasteiger partial charge in [-0.25, -0.2) is 13.4 Å². The number of rotatable bonds is 4. The molecule has 7 nitrogen and oxygen atoms in total. The molecule has 0 radical (unpaired) electrons. The summed E-state index contributed by atoms with van der Waals surface area (Å²) in [5, 5.41) is -1.21. The topological polar surface area (TPSA) is 81.5 Å². The second-order valence-corrected chi connectivity index (χ2v) is 7.85. The van der Waals surface area contributed by atoms with Crippen LogP contribution in [-0.2, 0) is 25.9 Å². The maximum atomic E-state index is 12.7. The summed E-state index contributed by atoms with van der Waals surface area (Å²) >= 11 is 0. The normalized spacial score (nSPS) is 24.3. The summed E-state index contributed by atoms with van der Waals surface area (Å²) in [6.45, 7) is 8.31. The first-order chi connectivity index (χ1) is 10.3. The third-order valence-corrected chi connectivity index (χ3v) is 5.80. The monoisotopic (exact) mass is 329 g/mol. The van der Waals surface area contributed by atoms with Crippen LogP contribution in [0.25, 0.3) is 0 Å². The van der Waals surface area contributed by atoms with Crippen LogP contribution in [-0.4, -0.2) is 59.3 Å². The van der Waals surface area contributed by atoms with Crippen molar-refractivity contribution in [1.82, 2.24) is 14.5 Å². The van der Waals surface area contributed by atoms with E-state index in [0.717, 1.165) is 0 Å². The summed E-state index contributed by atoms with van der Waals surface area (Å²) in [7, 11) is -3.80. The summed E-state index contributed by atoms with van der Waals surface area (Å²) in [4.78, 5) is 18.1. The first kappa shape index (κ1) is 17.0. The highest BCUT2D eigenvalue weighted by Crippen LogP contribution is 2.19. The predicted octanol–water partition coefficient (Wildman–Crippen LogP) is 0.701. The Kier molecular flexibility index (Phi) is 4.91. The van der Waals surface area contributed by atoms with Crippen molar-refractivity contribution in [1.29, 1.82) is 0 Å². The molecule has 0 unspecified atom stereocenters. The number of ether oxygens (including phenoxy) is 1. The lowest BCUT2D eigenvalue weighted by atomic mass is 10.2.